The summed E-state index contributed by atoms with van der Waals surface area (Å²) in [7, 11) is 0. The Morgan fingerprint density at radius 3 is 3.12 bits per heavy atom. The predicted molar refractivity (Wildman–Crippen MR) is 61.5 cm³/mol. The molecule has 5 nitrogen and oxygen atoms in total. The van der Waals surface area contributed by atoms with Crippen molar-refractivity contribution in [2.75, 3.05) is 5.75 Å². The van der Waals surface area contributed by atoms with E-state index in [2.05, 4.69) is 10.1 Å². The van der Waals surface area contributed by atoms with E-state index >= 15 is 0 Å². The quantitative estimate of drug-likeness (QED) is 0.857. The first-order chi connectivity index (χ1) is 7.68. The van der Waals surface area contributed by atoms with Gasteiger partial charge in [-0.1, -0.05) is 0 Å². The number of hydrogen-bond donors (Lipinski definition) is 1. The lowest BCUT2D eigenvalue weighted by atomic mass is 9.99. The number of rotatable bonds is 4. The van der Waals surface area contributed by atoms with Crippen LogP contribution >= 0.6 is 11.8 Å². The lowest BCUT2D eigenvalue weighted by Crippen LogP contribution is -2.36. The fraction of sp³-hybridized carbons (Fsp3) is 0.700. The summed E-state index contributed by atoms with van der Waals surface area (Å²) in [4.78, 5) is 15.5. The van der Waals surface area contributed by atoms with Crippen LogP contribution in [0.5, 0.6) is 0 Å². The average molecular weight is 241 g/mol. The number of carboxylic acid groups (broad SMARTS) is 1. The van der Waals surface area contributed by atoms with Crippen molar-refractivity contribution in [3.05, 3.63) is 12.2 Å². The summed E-state index contributed by atoms with van der Waals surface area (Å²) in [5, 5.41) is 13.4. The Morgan fingerprint density at radius 2 is 2.56 bits per heavy atom. The predicted octanol–water partition coefficient (Wildman–Crippen LogP) is 1.19. The smallest absolute Gasteiger partial charge is 0.320 e. The topological polar surface area (TPSA) is 68.0 Å². The van der Waals surface area contributed by atoms with Gasteiger partial charge in [-0.05, 0) is 25.5 Å². The molecular formula is C10H15N3O2S. The maximum Gasteiger partial charge on any atom is 0.320 e. The van der Waals surface area contributed by atoms with E-state index in [9.17, 15) is 9.90 Å². The summed E-state index contributed by atoms with van der Waals surface area (Å²) < 4.78 is 1.09. The Bertz CT molecular complexity index is 385. The maximum atomic E-state index is 11.4. The first kappa shape index (κ1) is 11.4. The van der Waals surface area contributed by atoms with Crippen molar-refractivity contribution < 1.29 is 9.90 Å². The number of hydrogen-bond acceptors (Lipinski definition) is 4. The van der Waals surface area contributed by atoms with E-state index in [0.29, 0.717) is 6.42 Å². The van der Waals surface area contributed by atoms with E-state index < -0.39 is 10.7 Å². The van der Waals surface area contributed by atoms with Crippen molar-refractivity contribution in [3.8, 4) is 0 Å². The number of aromatic nitrogens is 3. The Hall–Kier alpha value is -1.04. The van der Waals surface area contributed by atoms with E-state index in [1.807, 2.05) is 6.92 Å². The Balaban J connectivity index is 2.21. The van der Waals surface area contributed by atoms with Crippen molar-refractivity contribution in [1.29, 1.82) is 0 Å². The van der Waals surface area contributed by atoms with Gasteiger partial charge in [0.05, 0.1) is 0 Å². The molecule has 0 spiro atoms. The number of aliphatic carboxylic acids is 1. The molecule has 1 fully saturated rings. The largest absolute Gasteiger partial charge is 0.480 e. The van der Waals surface area contributed by atoms with Crippen LogP contribution in [0.25, 0.3) is 0 Å². The average Bonchev–Trinajstić information content (AvgIpc) is 2.88. The van der Waals surface area contributed by atoms with Gasteiger partial charge in [0, 0.05) is 13.0 Å². The molecule has 2 rings (SSSR count). The van der Waals surface area contributed by atoms with Gasteiger partial charge >= 0.3 is 5.97 Å². The highest BCUT2D eigenvalue weighted by Gasteiger charge is 2.43. The van der Waals surface area contributed by atoms with Crippen molar-refractivity contribution in [2.45, 2.75) is 37.5 Å². The van der Waals surface area contributed by atoms with Crippen molar-refractivity contribution >= 4 is 17.7 Å². The van der Waals surface area contributed by atoms with E-state index in [1.54, 1.807) is 4.68 Å². The Morgan fingerprint density at radius 1 is 1.75 bits per heavy atom. The number of carboxylic acids is 1. The molecule has 0 bridgehead atoms. The standard InChI is InChI=1S/C10H15N3O2S/c1-2-13-8(11-7-12-13)6-10(9(14)15)4-3-5-16-10/h7H,2-6H2,1H3,(H,14,15). The zero-order valence-corrected chi connectivity index (χ0v) is 10.0. The van der Waals surface area contributed by atoms with Gasteiger partial charge in [0.15, 0.2) is 0 Å². The second kappa shape index (κ2) is 4.45. The molecule has 1 aromatic heterocycles. The molecule has 0 amide bonds. The summed E-state index contributed by atoms with van der Waals surface area (Å²) in [5.41, 5.74) is 0. The summed E-state index contributed by atoms with van der Waals surface area (Å²) in [6.45, 7) is 2.71. The van der Waals surface area contributed by atoms with Gasteiger partial charge in [-0.15, -0.1) is 11.8 Å². The summed E-state index contributed by atoms with van der Waals surface area (Å²) in [6, 6.07) is 0. The fourth-order valence-corrected chi connectivity index (χ4v) is 3.35. The van der Waals surface area contributed by atoms with Gasteiger partial charge in [0.25, 0.3) is 0 Å². The fourth-order valence-electron chi connectivity index (χ4n) is 2.03. The first-order valence-corrected chi connectivity index (χ1v) is 6.40. The zero-order chi connectivity index (χ0) is 11.6. The van der Waals surface area contributed by atoms with Gasteiger partial charge < -0.3 is 5.11 Å². The van der Waals surface area contributed by atoms with Crippen LogP contribution in [0.3, 0.4) is 0 Å². The van der Waals surface area contributed by atoms with Crippen LogP contribution < -0.4 is 0 Å². The van der Waals surface area contributed by atoms with Crippen LogP contribution in [0.4, 0.5) is 0 Å². The van der Waals surface area contributed by atoms with Crippen molar-refractivity contribution in [1.82, 2.24) is 14.8 Å². The molecule has 6 heteroatoms. The van der Waals surface area contributed by atoms with Crippen molar-refractivity contribution in [3.63, 3.8) is 0 Å². The van der Waals surface area contributed by atoms with Crippen LogP contribution in [0.2, 0.25) is 0 Å². The lowest BCUT2D eigenvalue weighted by molar-refractivity contribution is -0.139. The summed E-state index contributed by atoms with van der Waals surface area (Å²) in [5.74, 6) is 0.979. The molecule has 0 aliphatic carbocycles. The van der Waals surface area contributed by atoms with E-state index in [4.69, 9.17) is 0 Å². The number of nitrogens with zero attached hydrogens (tertiary/aromatic N) is 3. The Kier molecular flexibility index (Phi) is 3.18. The van der Waals surface area contributed by atoms with Crippen LogP contribution in [0.15, 0.2) is 6.33 Å². The van der Waals surface area contributed by atoms with Gasteiger partial charge in [-0.25, -0.2) is 4.98 Å². The van der Waals surface area contributed by atoms with Crippen LogP contribution in [-0.2, 0) is 17.8 Å². The highest BCUT2D eigenvalue weighted by Crippen LogP contribution is 2.40. The SMILES string of the molecule is CCn1ncnc1CC1(C(=O)O)CCCS1. The number of carbonyl (C=O) groups is 1. The van der Waals surface area contributed by atoms with Crippen LogP contribution in [0.1, 0.15) is 25.6 Å². The molecule has 1 saturated heterocycles. The third-order valence-electron chi connectivity index (χ3n) is 2.93. The lowest BCUT2D eigenvalue weighted by Gasteiger charge is -2.22. The molecule has 1 N–H and O–H groups in total. The molecule has 88 valence electrons. The summed E-state index contributed by atoms with van der Waals surface area (Å²) >= 11 is 1.53. The van der Waals surface area contributed by atoms with Gasteiger partial charge in [0.1, 0.15) is 16.9 Å². The highest BCUT2D eigenvalue weighted by atomic mass is 32.2. The van der Waals surface area contributed by atoms with E-state index in [0.717, 1.165) is 31.0 Å². The molecule has 0 saturated carbocycles. The normalized spacial score (nSPS) is 24.8. The van der Waals surface area contributed by atoms with Crippen molar-refractivity contribution in [2.24, 2.45) is 0 Å². The third kappa shape index (κ3) is 1.93. The molecule has 16 heavy (non-hydrogen) atoms. The maximum absolute atomic E-state index is 11.4. The number of aryl methyl sites for hydroxylation is 1. The van der Waals surface area contributed by atoms with E-state index in [-0.39, 0.29) is 0 Å². The molecule has 1 atom stereocenters. The second-order valence-corrected chi connectivity index (χ2v) is 5.40. The monoisotopic (exact) mass is 241 g/mol. The van der Waals surface area contributed by atoms with E-state index in [1.165, 1.54) is 18.1 Å². The number of thioether (sulfide) groups is 1. The first-order valence-electron chi connectivity index (χ1n) is 5.42. The zero-order valence-electron chi connectivity index (χ0n) is 9.22. The summed E-state index contributed by atoms with van der Waals surface area (Å²) in [6.07, 6.45) is 3.66. The van der Waals surface area contributed by atoms with Gasteiger partial charge in [0.2, 0.25) is 0 Å². The molecule has 1 aromatic rings. The second-order valence-electron chi connectivity index (χ2n) is 3.92. The Labute approximate surface area is 98.3 Å². The molecule has 1 aliphatic rings. The van der Waals surface area contributed by atoms with Crippen LogP contribution in [0, 0.1) is 0 Å². The third-order valence-corrected chi connectivity index (χ3v) is 4.50. The van der Waals surface area contributed by atoms with Gasteiger partial charge in [-0.3, -0.25) is 9.48 Å². The highest BCUT2D eigenvalue weighted by molar-refractivity contribution is 8.01. The molecule has 2 heterocycles. The molecule has 1 unspecified atom stereocenters. The molecular weight excluding hydrogens is 226 g/mol. The minimum absolute atomic E-state index is 0.473. The molecule has 1 aliphatic heterocycles. The van der Waals surface area contributed by atoms with Crippen LogP contribution in [-0.4, -0.2) is 36.3 Å². The molecule has 0 radical (unpaired) electrons. The molecule has 0 aromatic carbocycles. The minimum atomic E-state index is -0.722. The minimum Gasteiger partial charge on any atom is -0.480 e. The van der Waals surface area contributed by atoms with Gasteiger partial charge in [-0.2, -0.15) is 5.10 Å².